The van der Waals surface area contributed by atoms with Crippen molar-refractivity contribution < 1.29 is 22.7 Å². The van der Waals surface area contributed by atoms with Gasteiger partial charge >= 0.3 is 6.03 Å². The van der Waals surface area contributed by atoms with Crippen LogP contribution in [0.4, 0.5) is 10.5 Å². The Balaban J connectivity index is 1.47. The Morgan fingerprint density at radius 2 is 1.70 bits per heavy atom. The van der Waals surface area contributed by atoms with Gasteiger partial charge in [0, 0.05) is 36.5 Å². The first-order valence-corrected chi connectivity index (χ1v) is 11.3. The number of nitrogens with zero attached hydrogens (tertiary/aromatic N) is 1. The highest BCUT2D eigenvalue weighted by Crippen LogP contribution is 2.39. The van der Waals surface area contributed by atoms with Crippen LogP contribution in [-0.2, 0) is 10.0 Å². The lowest BCUT2D eigenvalue weighted by molar-refractivity contribution is 0.183. The zero-order valence-electron chi connectivity index (χ0n) is 16.9. The Bertz CT molecular complexity index is 1010. The number of rotatable bonds is 6. The van der Waals surface area contributed by atoms with Gasteiger partial charge in [0.2, 0.25) is 10.0 Å². The van der Waals surface area contributed by atoms with Crippen molar-refractivity contribution in [3.05, 3.63) is 48.5 Å². The summed E-state index contributed by atoms with van der Waals surface area (Å²) in [6, 6.07) is 12.7. The molecule has 1 saturated carbocycles. The first-order chi connectivity index (χ1) is 14.4. The van der Waals surface area contributed by atoms with Crippen molar-refractivity contribution in [3.8, 4) is 11.5 Å². The van der Waals surface area contributed by atoms with Gasteiger partial charge in [-0.25, -0.2) is 17.9 Å². The van der Waals surface area contributed by atoms with Crippen LogP contribution in [-0.4, -0.2) is 52.2 Å². The summed E-state index contributed by atoms with van der Waals surface area (Å²) in [4.78, 5) is 14.9. The summed E-state index contributed by atoms with van der Waals surface area (Å²) in [7, 11) is -0.544. The van der Waals surface area contributed by atoms with Gasteiger partial charge in [0.25, 0.3) is 0 Å². The van der Waals surface area contributed by atoms with Gasteiger partial charge in [-0.05, 0) is 30.9 Å². The fourth-order valence-electron chi connectivity index (χ4n) is 4.33. The van der Waals surface area contributed by atoms with Crippen LogP contribution in [0.5, 0.6) is 11.5 Å². The summed E-state index contributed by atoms with van der Waals surface area (Å²) >= 11 is 0. The second kappa shape index (κ2) is 8.16. The summed E-state index contributed by atoms with van der Waals surface area (Å²) < 4.78 is 38.7. The van der Waals surface area contributed by atoms with Gasteiger partial charge in [-0.3, -0.25) is 0 Å². The van der Waals surface area contributed by atoms with Crippen LogP contribution in [0.3, 0.4) is 0 Å². The Hall–Kier alpha value is -2.78. The van der Waals surface area contributed by atoms with E-state index in [9.17, 15) is 13.2 Å². The van der Waals surface area contributed by atoms with Crippen molar-refractivity contribution >= 4 is 21.7 Å². The average Bonchev–Trinajstić information content (AvgIpc) is 3.34. The molecule has 0 aromatic heterocycles. The van der Waals surface area contributed by atoms with E-state index in [1.807, 2.05) is 0 Å². The number of piperidine rings is 1. The molecule has 2 fully saturated rings. The maximum atomic E-state index is 12.9. The molecule has 1 aliphatic heterocycles. The number of fused-ring (bicyclic) bond motifs is 2. The summed E-state index contributed by atoms with van der Waals surface area (Å²) in [6.07, 6.45) is 1.52. The fourth-order valence-corrected chi connectivity index (χ4v) is 5.63. The molecule has 1 saturated heterocycles. The highest BCUT2D eigenvalue weighted by atomic mass is 32.2. The van der Waals surface area contributed by atoms with Gasteiger partial charge in [0.15, 0.2) is 0 Å². The maximum absolute atomic E-state index is 12.9. The number of likely N-dealkylation sites (tertiary alicyclic amines) is 1. The molecule has 0 unspecified atom stereocenters. The molecule has 1 aliphatic carbocycles. The molecule has 2 aromatic rings. The second-order valence-electron chi connectivity index (χ2n) is 7.63. The zero-order valence-corrected chi connectivity index (χ0v) is 17.7. The number of nitrogens with one attached hydrogen (secondary N) is 2. The summed E-state index contributed by atoms with van der Waals surface area (Å²) in [6.45, 7) is 0.612. The molecular formula is C21H25N3O5S. The third kappa shape index (κ3) is 4.08. The van der Waals surface area contributed by atoms with E-state index < -0.39 is 10.0 Å². The minimum absolute atomic E-state index is 0.180. The Morgan fingerprint density at radius 1 is 1.03 bits per heavy atom. The van der Waals surface area contributed by atoms with E-state index in [1.165, 1.54) is 0 Å². The Labute approximate surface area is 176 Å². The number of urea groups is 1. The van der Waals surface area contributed by atoms with E-state index in [1.54, 1.807) is 67.7 Å². The summed E-state index contributed by atoms with van der Waals surface area (Å²) in [5.41, 5.74) is 0.556. The Kier molecular flexibility index (Phi) is 5.57. The standard InChI is InChI=1S/C21H25N3O5S/c1-28-16-10-15(11-17(12-16)29-2)22-21(25)24-13-14-8-19(20(24)9-14)23-30(26,27)18-6-4-3-5-7-18/h3-7,10-12,14,19-20,23H,8-9,13H2,1-2H3,(H,22,25)/t14-,19+,20-/m1/s1. The van der Waals surface area contributed by atoms with E-state index >= 15 is 0 Å². The number of amides is 2. The number of hydrogen-bond donors (Lipinski definition) is 2. The van der Waals surface area contributed by atoms with E-state index in [-0.39, 0.29) is 28.9 Å². The van der Waals surface area contributed by atoms with Crippen LogP contribution in [0, 0.1) is 5.92 Å². The van der Waals surface area contributed by atoms with E-state index in [0.717, 1.165) is 12.8 Å². The first-order valence-electron chi connectivity index (χ1n) is 9.77. The topological polar surface area (TPSA) is 97.0 Å². The van der Waals surface area contributed by atoms with Crippen molar-refractivity contribution in [2.24, 2.45) is 5.92 Å². The van der Waals surface area contributed by atoms with Crippen molar-refractivity contribution in [3.63, 3.8) is 0 Å². The van der Waals surface area contributed by atoms with Crippen LogP contribution in [0.1, 0.15) is 12.8 Å². The molecule has 2 amide bonds. The largest absolute Gasteiger partial charge is 0.497 e. The molecule has 2 aromatic carbocycles. The average molecular weight is 432 g/mol. The number of carbonyl (C=O) groups is 1. The van der Waals surface area contributed by atoms with E-state index in [0.29, 0.717) is 23.7 Å². The molecule has 8 nitrogen and oxygen atoms in total. The predicted molar refractivity (Wildman–Crippen MR) is 112 cm³/mol. The number of sulfonamides is 1. The van der Waals surface area contributed by atoms with Crippen molar-refractivity contribution in [2.75, 3.05) is 26.1 Å². The normalized spacial score (nSPS) is 22.7. The number of benzene rings is 2. The molecule has 160 valence electrons. The molecule has 2 aliphatic rings. The van der Waals surface area contributed by atoms with E-state index in [4.69, 9.17) is 9.47 Å². The van der Waals surface area contributed by atoms with Crippen LogP contribution >= 0.6 is 0 Å². The number of ether oxygens (including phenoxy) is 2. The Morgan fingerprint density at radius 3 is 2.30 bits per heavy atom. The highest BCUT2D eigenvalue weighted by molar-refractivity contribution is 7.89. The number of methoxy groups -OCH3 is 2. The van der Waals surface area contributed by atoms with Gasteiger partial charge in [-0.15, -0.1) is 0 Å². The number of hydrogen-bond acceptors (Lipinski definition) is 5. The molecule has 0 spiro atoms. The third-order valence-corrected chi connectivity index (χ3v) is 7.21. The molecule has 4 rings (SSSR count). The molecule has 1 heterocycles. The van der Waals surface area contributed by atoms with Crippen LogP contribution in [0.15, 0.2) is 53.4 Å². The minimum Gasteiger partial charge on any atom is -0.497 e. The molecule has 30 heavy (non-hydrogen) atoms. The lowest BCUT2D eigenvalue weighted by atomic mass is 10.1. The summed E-state index contributed by atoms with van der Waals surface area (Å²) in [5.74, 6) is 1.42. The van der Waals surface area contributed by atoms with Gasteiger partial charge in [0.05, 0.1) is 25.2 Å². The number of carbonyl (C=O) groups excluding carboxylic acids is 1. The van der Waals surface area contributed by atoms with Crippen LogP contribution < -0.4 is 19.5 Å². The van der Waals surface area contributed by atoms with Gasteiger partial charge < -0.3 is 19.7 Å². The molecule has 3 atom stereocenters. The summed E-state index contributed by atoms with van der Waals surface area (Å²) in [5, 5.41) is 2.88. The van der Waals surface area contributed by atoms with Crippen molar-refractivity contribution in [1.29, 1.82) is 0 Å². The van der Waals surface area contributed by atoms with Gasteiger partial charge in [-0.1, -0.05) is 18.2 Å². The lowest BCUT2D eigenvalue weighted by Gasteiger charge is -2.33. The fraction of sp³-hybridized carbons (Fsp3) is 0.381. The van der Waals surface area contributed by atoms with Crippen LogP contribution in [0.25, 0.3) is 0 Å². The minimum atomic E-state index is -3.63. The molecule has 2 N–H and O–H groups in total. The molecular weight excluding hydrogens is 406 g/mol. The highest BCUT2D eigenvalue weighted by Gasteiger charge is 2.48. The molecule has 0 radical (unpaired) electrons. The molecule has 2 bridgehead atoms. The van der Waals surface area contributed by atoms with Crippen molar-refractivity contribution in [1.82, 2.24) is 9.62 Å². The first kappa shape index (κ1) is 20.5. The molecule has 9 heteroatoms. The third-order valence-electron chi connectivity index (χ3n) is 5.71. The predicted octanol–water partition coefficient (Wildman–Crippen LogP) is 2.68. The quantitative estimate of drug-likeness (QED) is 0.733. The smallest absolute Gasteiger partial charge is 0.322 e. The van der Waals surface area contributed by atoms with Gasteiger partial charge in [0.1, 0.15) is 11.5 Å². The second-order valence-corrected chi connectivity index (χ2v) is 9.34. The van der Waals surface area contributed by atoms with Gasteiger partial charge in [-0.2, -0.15) is 0 Å². The number of anilines is 1. The van der Waals surface area contributed by atoms with E-state index in [2.05, 4.69) is 10.0 Å². The maximum Gasteiger partial charge on any atom is 0.322 e. The lowest BCUT2D eigenvalue weighted by Crippen LogP contribution is -2.52. The zero-order chi connectivity index (χ0) is 21.3. The monoisotopic (exact) mass is 431 g/mol. The van der Waals surface area contributed by atoms with Crippen molar-refractivity contribution in [2.45, 2.75) is 29.8 Å². The SMILES string of the molecule is COc1cc(NC(=O)N2C[C@@H]3C[C@H](NS(=O)(=O)c4ccccc4)[C@H]2C3)cc(OC)c1. The van der Waals surface area contributed by atoms with Crippen LogP contribution in [0.2, 0.25) is 0 Å².